The van der Waals surface area contributed by atoms with E-state index in [1.165, 1.54) is 0 Å². The molecule has 3 aromatic rings. The number of ether oxygens (including phenoxy) is 3. The lowest BCUT2D eigenvalue weighted by Gasteiger charge is -2.44. The van der Waals surface area contributed by atoms with Crippen molar-refractivity contribution in [1.29, 1.82) is 0 Å². The summed E-state index contributed by atoms with van der Waals surface area (Å²) < 4.78 is 17.5. The van der Waals surface area contributed by atoms with E-state index in [-0.39, 0.29) is 23.8 Å². The summed E-state index contributed by atoms with van der Waals surface area (Å²) in [5, 5.41) is 0.765. The zero-order valence-electron chi connectivity index (χ0n) is 22.9. The number of hydrogen-bond acceptors (Lipinski definition) is 7. The Kier molecular flexibility index (Phi) is 6.99. The zero-order valence-corrected chi connectivity index (χ0v) is 23.9. The van der Waals surface area contributed by atoms with Crippen LogP contribution in [-0.2, 0) is 4.79 Å². The largest absolute Gasteiger partial charge is 0.496 e. The number of nitrogens with zero attached hydrogens (tertiary/aromatic N) is 2. The molecule has 0 bridgehead atoms. The second kappa shape index (κ2) is 10.6. The Balaban J connectivity index is 1.19. The molecule has 1 fully saturated rings. The van der Waals surface area contributed by atoms with E-state index in [9.17, 15) is 14.4 Å². The molecule has 1 aromatic heterocycles. The second-order valence-corrected chi connectivity index (χ2v) is 11.5. The van der Waals surface area contributed by atoms with Crippen molar-refractivity contribution in [2.45, 2.75) is 24.9 Å². The number of Topliss-reactive ketones (excluding diaryl/α,β-unsaturated/α-hetero) is 1. The maximum atomic E-state index is 13.5. The average molecular weight is 572 g/mol. The number of amides is 2. The van der Waals surface area contributed by atoms with Crippen molar-refractivity contribution in [1.82, 2.24) is 9.88 Å². The summed E-state index contributed by atoms with van der Waals surface area (Å²) in [5.41, 5.74) is 8.55. The fraction of sp³-hybridized carbons (Fsp3) is 0.290. The number of ketones is 1. The summed E-state index contributed by atoms with van der Waals surface area (Å²) in [6.07, 6.45) is 3.74. The first-order valence-corrected chi connectivity index (χ1v) is 14.7. The van der Waals surface area contributed by atoms with E-state index >= 15 is 0 Å². The van der Waals surface area contributed by atoms with Crippen molar-refractivity contribution in [3.8, 4) is 17.2 Å². The van der Waals surface area contributed by atoms with Crippen molar-refractivity contribution in [2.24, 2.45) is 5.73 Å². The number of carbonyl (C=O) groups is 3. The maximum absolute atomic E-state index is 13.5. The molecular weight excluding hydrogens is 541 g/mol. The van der Waals surface area contributed by atoms with Gasteiger partial charge >= 0.3 is 0 Å². The van der Waals surface area contributed by atoms with Crippen LogP contribution in [0.3, 0.4) is 0 Å². The first-order valence-electron chi connectivity index (χ1n) is 13.4. The maximum Gasteiger partial charge on any atom is 0.272 e. The number of para-hydroxylation sites is 1. The van der Waals surface area contributed by atoms with Crippen LogP contribution in [0.4, 0.5) is 0 Å². The molecule has 0 saturated carbocycles. The first-order chi connectivity index (χ1) is 19.8. The number of primary amides is 1. The number of fused-ring (bicyclic) bond motifs is 2. The number of hydrogen-bond donors (Lipinski definition) is 1. The van der Waals surface area contributed by atoms with Crippen molar-refractivity contribution in [3.63, 3.8) is 0 Å². The monoisotopic (exact) mass is 571 g/mol. The van der Waals surface area contributed by atoms with Gasteiger partial charge in [-0.05, 0) is 47.6 Å². The van der Waals surface area contributed by atoms with Crippen LogP contribution in [-0.4, -0.2) is 66.6 Å². The molecule has 10 heteroatoms. The number of nitrogens with two attached hydrogens (primary N) is 1. The highest BCUT2D eigenvalue weighted by atomic mass is 31.1. The molecule has 3 aliphatic heterocycles. The number of benzene rings is 2. The molecule has 3 aliphatic rings. The lowest BCUT2D eigenvalue weighted by molar-refractivity contribution is -0.114. The lowest BCUT2D eigenvalue weighted by atomic mass is 9.82. The fourth-order valence-corrected chi connectivity index (χ4v) is 6.81. The van der Waals surface area contributed by atoms with Crippen LogP contribution in [0, 0.1) is 0 Å². The second-order valence-electron chi connectivity index (χ2n) is 10.5. The Morgan fingerprint density at radius 3 is 2.59 bits per heavy atom. The Hall–Kier alpha value is -4.23. The smallest absolute Gasteiger partial charge is 0.272 e. The third kappa shape index (κ3) is 4.95. The topological polar surface area (TPSA) is 121 Å². The Morgan fingerprint density at radius 2 is 1.85 bits per heavy atom. The van der Waals surface area contributed by atoms with Gasteiger partial charge in [0.15, 0.2) is 5.78 Å². The number of allylic oxidation sites excluding steroid dienone is 2. The molecule has 2 amide bonds. The molecule has 6 rings (SSSR count). The fourth-order valence-electron chi connectivity index (χ4n) is 5.74. The summed E-state index contributed by atoms with van der Waals surface area (Å²) in [6, 6.07) is 12.8. The van der Waals surface area contributed by atoms with E-state index < -0.39 is 11.5 Å². The van der Waals surface area contributed by atoms with E-state index in [2.05, 4.69) is 10.8 Å². The van der Waals surface area contributed by atoms with E-state index in [0.29, 0.717) is 74.6 Å². The van der Waals surface area contributed by atoms with E-state index in [1.54, 1.807) is 37.3 Å². The van der Waals surface area contributed by atoms with Crippen LogP contribution in [0.5, 0.6) is 17.2 Å². The lowest BCUT2D eigenvalue weighted by Crippen LogP contribution is -2.52. The van der Waals surface area contributed by atoms with Crippen LogP contribution in [0.25, 0.3) is 16.5 Å². The van der Waals surface area contributed by atoms with Crippen LogP contribution < -0.4 is 19.9 Å². The van der Waals surface area contributed by atoms with Crippen LogP contribution in [0.1, 0.15) is 45.7 Å². The molecule has 0 aliphatic carbocycles. The minimum absolute atomic E-state index is 0.0128. The minimum Gasteiger partial charge on any atom is -0.496 e. The third-order valence-electron chi connectivity index (χ3n) is 8.00. The van der Waals surface area contributed by atoms with E-state index in [1.807, 2.05) is 30.3 Å². The summed E-state index contributed by atoms with van der Waals surface area (Å²) >= 11 is 0. The molecule has 210 valence electrons. The number of piperidine rings is 1. The number of likely N-dealkylation sites (tertiary alicyclic amines) is 1. The van der Waals surface area contributed by atoms with Gasteiger partial charge in [-0.1, -0.05) is 26.5 Å². The van der Waals surface area contributed by atoms with Gasteiger partial charge < -0.3 is 24.8 Å². The van der Waals surface area contributed by atoms with Gasteiger partial charge in [-0.3, -0.25) is 14.4 Å². The van der Waals surface area contributed by atoms with Crippen LogP contribution >= 0.6 is 8.58 Å². The number of methoxy groups -OCH3 is 2. The molecular formula is C31H30N3O6P. The van der Waals surface area contributed by atoms with Gasteiger partial charge in [0, 0.05) is 43.0 Å². The standard InChI is InChI=1S/C31H30N3O6P/c1-38-26-5-3-4-21-27(39-2)14-23(33-28(21)26)30(37)34-10-8-31(9-11-34)15-24(35)22-13-18(6-7-25(22)40-31)19-12-20(29(32)36)17-41-16-19/h3-7,12-14,16,41H,8-11,15,17H2,1-2H3,(H2,32,36). The summed E-state index contributed by atoms with van der Waals surface area (Å²) in [4.78, 5) is 44.9. The molecule has 2 aromatic carbocycles. The van der Waals surface area contributed by atoms with E-state index in [0.717, 1.165) is 16.5 Å². The number of pyridine rings is 1. The first kappa shape index (κ1) is 27.0. The van der Waals surface area contributed by atoms with Gasteiger partial charge in [-0.25, -0.2) is 4.98 Å². The SMILES string of the molecule is COc1cc(C(=O)N2CCC3(CC2)CC(=O)c2cc(C4=CPCC(C(N)=O)=C4)ccc2O3)nc2c(OC)cccc12. The normalized spacial score (nSPS) is 18.4. The summed E-state index contributed by atoms with van der Waals surface area (Å²) in [6.45, 7) is 0.865. The van der Waals surface area contributed by atoms with Gasteiger partial charge in [-0.2, -0.15) is 0 Å². The number of carbonyl (C=O) groups excluding carboxylic acids is 3. The van der Waals surface area contributed by atoms with Crippen molar-refractivity contribution >= 4 is 42.7 Å². The molecule has 9 nitrogen and oxygen atoms in total. The van der Waals surface area contributed by atoms with Crippen LogP contribution in [0.2, 0.25) is 0 Å². The number of rotatable bonds is 5. The predicted octanol–water partition coefficient (Wildman–Crippen LogP) is 4.34. The van der Waals surface area contributed by atoms with Crippen LogP contribution in [0.15, 0.2) is 59.9 Å². The Morgan fingerprint density at radius 1 is 1.07 bits per heavy atom. The zero-order chi connectivity index (χ0) is 28.7. The average Bonchev–Trinajstić information content (AvgIpc) is 3.00. The van der Waals surface area contributed by atoms with Crippen molar-refractivity contribution < 1.29 is 28.6 Å². The quantitative estimate of drug-likeness (QED) is 0.453. The molecule has 2 N–H and O–H groups in total. The third-order valence-corrected chi connectivity index (χ3v) is 9.10. The highest BCUT2D eigenvalue weighted by molar-refractivity contribution is 7.42. The molecule has 1 unspecified atom stereocenters. The summed E-state index contributed by atoms with van der Waals surface area (Å²) in [5.74, 6) is 3.13. The van der Waals surface area contributed by atoms with Crippen molar-refractivity contribution in [3.05, 3.63) is 76.8 Å². The van der Waals surface area contributed by atoms with Crippen molar-refractivity contribution in [2.75, 3.05) is 33.5 Å². The molecule has 41 heavy (non-hydrogen) atoms. The van der Waals surface area contributed by atoms with Gasteiger partial charge in [0.25, 0.3) is 5.91 Å². The molecule has 4 heterocycles. The number of aromatic nitrogens is 1. The van der Waals surface area contributed by atoms with Gasteiger partial charge in [0.05, 0.1) is 26.2 Å². The van der Waals surface area contributed by atoms with Gasteiger partial charge in [-0.15, -0.1) is 0 Å². The molecule has 1 spiro atoms. The molecule has 0 radical (unpaired) electrons. The van der Waals surface area contributed by atoms with Gasteiger partial charge in [0.2, 0.25) is 5.91 Å². The van der Waals surface area contributed by atoms with E-state index in [4.69, 9.17) is 19.9 Å². The molecule has 1 atom stereocenters. The highest BCUT2D eigenvalue weighted by Crippen LogP contribution is 2.42. The Labute approximate surface area is 239 Å². The predicted molar refractivity (Wildman–Crippen MR) is 157 cm³/mol. The molecule has 1 saturated heterocycles. The summed E-state index contributed by atoms with van der Waals surface area (Å²) in [7, 11) is 3.59. The Bertz CT molecular complexity index is 1660. The highest BCUT2D eigenvalue weighted by Gasteiger charge is 2.44. The minimum atomic E-state index is -0.662. The van der Waals surface area contributed by atoms with Gasteiger partial charge in [0.1, 0.15) is 34.1 Å².